The molecule has 24 heavy (non-hydrogen) atoms. The van der Waals surface area contributed by atoms with Crippen LogP contribution in [-0.2, 0) is 4.74 Å². The molecular weight excluding hydrogens is 320 g/mol. The molecule has 1 fully saturated rings. The monoisotopic (exact) mass is 340 g/mol. The smallest absolute Gasteiger partial charge is 0.257 e. The lowest BCUT2D eigenvalue weighted by molar-refractivity contribution is -0.0413. The van der Waals surface area contributed by atoms with E-state index in [2.05, 4.69) is 24.4 Å². The Morgan fingerprint density at radius 1 is 1.12 bits per heavy atom. The van der Waals surface area contributed by atoms with Crippen molar-refractivity contribution in [2.24, 2.45) is 0 Å². The predicted molar refractivity (Wildman–Crippen MR) is 97.8 cm³/mol. The molecule has 5 heteroatoms. The Balaban J connectivity index is 1.69. The molecule has 0 saturated carbocycles. The van der Waals surface area contributed by atoms with Crippen LogP contribution in [0.25, 0.3) is 0 Å². The van der Waals surface area contributed by atoms with Gasteiger partial charge in [-0.05, 0) is 36.8 Å². The summed E-state index contributed by atoms with van der Waals surface area (Å²) in [7, 11) is 0. The fraction of sp³-hybridized carbons (Fsp3) is 0.263. The summed E-state index contributed by atoms with van der Waals surface area (Å²) in [4.78, 5) is 14.3. The molecule has 2 aromatic carbocycles. The van der Waals surface area contributed by atoms with E-state index in [4.69, 9.17) is 17.0 Å². The number of thiocarbonyl (C=S) groups is 1. The highest BCUT2D eigenvalue weighted by molar-refractivity contribution is 7.80. The number of nitrogens with zero attached hydrogens (tertiary/aromatic N) is 1. The number of amides is 1. The highest BCUT2D eigenvalue weighted by Crippen LogP contribution is 2.28. The quantitative estimate of drug-likeness (QED) is 0.853. The average Bonchev–Trinajstić information content (AvgIpc) is 2.63. The summed E-state index contributed by atoms with van der Waals surface area (Å²) in [5.74, 6) is -0.185. The highest BCUT2D eigenvalue weighted by Gasteiger charge is 2.31. The SMILES string of the molecule is C[C@@H]1[C@H](c2ccccc2)OCCN1C(=S)NC(=O)c1ccccc1. The molecule has 1 N–H and O–H groups in total. The molecule has 4 nitrogen and oxygen atoms in total. The first-order valence-electron chi connectivity index (χ1n) is 8.00. The van der Waals surface area contributed by atoms with E-state index < -0.39 is 0 Å². The summed E-state index contributed by atoms with van der Waals surface area (Å²) in [6, 6.07) is 19.2. The van der Waals surface area contributed by atoms with Crippen molar-refractivity contribution in [3.63, 3.8) is 0 Å². The first-order valence-corrected chi connectivity index (χ1v) is 8.41. The van der Waals surface area contributed by atoms with Crippen LogP contribution in [0, 0.1) is 0 Å². The Kier molecular flexibility index (Phi) is 5.23. The van der Waals surface area contributed by atoms with Crippen LogP contribution >= 0.6 is 12.2 Å². The number of carbonyl (C=O) groups excluding carboxylic acids is 1. The van der Waals surface area contributed by atoms with Crippen LogP contribution in [0.1, 0.15) is 28.9 Å². The zero-order valence-corrected chi connectivity index (χ0v) is 14.3. The van der Waals surface area contributed by atoms with Gasteiger partial charge < -0.3 is 9.64 Å². The summed E-state index contributed by atoms with van der Waals surface area (Å²) >= 11 is 5.47. The van der Waals surface area contributed by atoms with Gasteiger partial charge in [-0.2, -0.15) is 0 Å². The molecular formula is C19H20N2O2S. The zero-order valence-electron chi connectivity index (χ0n) is 13.5. The number of rotatable bonds is 2. The third-order valence-electron chi connectivity index (χ3n) is 4.20. The lowest BCUT2D eigenvalue weighted by Crippen LogP contribution is -2.53. The summed E-state index contributed by atoms with van der Waals surface area (Å²) in [6.07, 6.45) is -0.0634. The van der Waals surface area contributed by atoms with Crippen LogP contribution in [0.2, 0.25) is 0 Å². The van der Waals surface area contributed by atoms with Gasteiger partial charge in [0.1, 0.15) is 6.10 Å². The molecule has 1 amide bonds. The summed E-state index contributed by atoms with van der Waals surface area (Å²) < 4.78 is 5.93. The molecule has 1 aliphatic heterocycles. The molecule has 0 spiro atoms. The van der Waals surface area contributed by atoms with E-state index in [-0.39, 0.29) is 18.1 Å². The maximum Gasteiger partial charge on any atom is 0.257 e. The van der Waals surface area contributed by atoms with Crippen LogP contribution in [-0.4, -0.2) is 35.1 Å². The molecule has 3 rings (SSSR count). The Bertz CT molecular complexity index is 706. The first-order chi connectivity index (χ1) is 11.7. The topological polar surface area (TPSA) is 41.6 Å². The van der Waals surface area contributed by atoms with E-state index in [9.17, 15) is 4.79 Å². The molecule has 2 aromatic rings. The van der Waals surface area contributed by atoms with Crippen LogP contribution in [0.15, 0.2) is 60.7 Å². The standard InChI is InChI=1S/C19H20N2O2S/c1-14-17(15-8-4-2-5-9-15)23-13-12-21(14)19(24)20-18(22)16-10-6-3-7-11-16/h2-11,14,17H,12-13H2,1H3,(H,20,22,24)/t14-,17-/m1/s1. The molecule has 0 aromatic heterocycles. The summed E-state index contributed by atoms with van der Waals surface area (Å²) in [5, 5.41) is 3.28. The van der Waals surface area contributed by atoms with Gasteiger partial charge in [0.15, 0.2) is 5.11 Å². The summed E-state index contributed by atoms with van der Waals surface area (Å²) in [5.41, 5.74) is 1.72. The minimum Gasteiger partial charge on any atom is -0.370 e. The van der Waals surface area contributed by atoms with E-state index in [0.29, 0.717) is 23.8 Å². The Labute approximate surface area is 147 Å². The van der Waals surface area contributed by atoms with Crippen LogP contribution in [0.3, 0.4) is 0 Å². The van der Waals surface area contributed by atoms with Crippen molar-refractivity contribution < 1.29 is 9.53 Å². The molecule has 0 aliphatic carbocycles. The molecule has 0 bridgehead atoms. The van der Waals surface area contributed by atoms with Crippen molar-refractivity contribution in [1.82, 2.24) is 10.2 Å². The number of hydrogen-bond donors (Lipinski definition) is 1. The van der Waals surface area contributed by atoms with Crippen LogP contribution in [0.4, 0.5) is 0 Å². The van der Waals surface area contributed by atoms with Crippen molar-refractivity contribution in [2.45, 2.75) is 19.1 Å². The minimum atomic E-state index is -0.185. The fourth-order valence-corrected chi connectivity index (χ4v) is 3.27. The van der Waals surface area contributed by atoms with Gasteiger partial charge in [0.05, 0.1) is 12.6 Å². The fourth-order valence-electron chi connectivity index (χ4n) is 2.92. The number of carbonyl (C=O) groups is 1. The molecule has 2 atom stereocenters. The van der Waals surface area contributed by atoms with Gasteiger partial charge in [0.25, 0.3) is 5.91 Å². The molecule has 0 unspecified atom stereocenters. The van der Waals surface area contributed by atoms with E-state index in [0.717, 1.165) is 5.56 Å². The molecule has 0 radical (unpaired) electrons. The third kappa shape index (κ3) is 3.63. The minimum absolute atomic E-state index is 0.0460. The second-order valence-electron chi connectivity index (χ2n) is 5.76. The van der Waals surface area contributed by atoms with Gasteiger partial charge in [-0.1, -0.05) is 48.5 Å². The van der Waals surface area contributed by atoms with Gasteiger partial charge in [-0.25, -0.2) is 0 Å². The highest BCUT2D eigenvalue weighted by atomic mass is 32.1. The summed E-state index contributed by atoms with van der Waals surface area (Å²) in [6.45, 7) is 3.31. The van der Waals surface area contributed by atoms with Crippen LogP contribution < -0.4 is 5.32 Å². The number of ether oxygens (including phenoxy) is 1. The lowest BCUT2D eigenvalue weighted by Gasteiger charge is -2.40. The van der Waals surface area contributed by atoms with Gasteiger partial charge in [0.2, 0.25) is 0 Å². The Morgan fingerprint density at radius 3 is 2.42 bits per heavy atom. The van der Waals surface area contributed by atoms with Crippen molar-refractivity contribution in [2.75, 3.05) is 13.2 Å². The van der Waals surface area contributed by atoms with E-state index >= 15 is 0 Å². The Hall–Kier alpha value is -2.24. The average molecular weight is 340 g/mol. The van der Waals surface area contributed by atoms with Crippen molar-refractivity contribution in [3.05, 3.63) is 71.8 Å². The largest absolute Gasteiger partial charge is 0.370 e. The second-order valence-corrected chi connectivity index (χ2v) is 6.15. The maximum atomic E-state index is 12.3. The van der Waals surface area contributed by atoms with Gasteiger partial charge in [-0.15, -0.1) is 0 Å². The number of hydrogen-bond acceptors (Lipinski definition) is 3. The third-order valence-corrected chi connectivity index (χ3v) is 4.54. The van der Waals surface area contributed by atoms with Gasteiger partial charge >= 0.3 is 0 Å². The molecule has 124 valence electrons. The number of morpholine rings is 1. The first kappa shape index (κ1) is 16.6. The van der Waals surface area contributed by atoms with Gasteiger partial charge in [0, 0.05) is 12.1 Å². The van der Waals surface area contributed by atoms with Gasteiger partial charge in [-0.3, -0.25) is 10.1 Å². The van der Waals surface area contributed by atoms with E-state index in [1.54, 1.807) is 12.1 Å². The van der Waals surface area contributed by atoms with Crippen LogP contribution in [0.5, 0.6) is 0 Å². The maximum absolute atomic E-state index is 12.3. The number of benzene rings is 2. The van der Waals surface area contributed by atoms with Crippen molar-refractivity contribution >= 4 is 23.2 Å². The van der Waals surface area contributed by atoms with Crippen molar-refractivity contribution in [1.29, 1.82) is 0 Å². The molecule has 1 heterocycles. The van der Waals surface area contributed by atoms with Crippen molar-refractivity contribution in [3.8, 4) is 0 Å². The lowest BCUT2D eigenvalue weighted by atomic mass is 10.0. The van der Waals surface area contributed by atoms with E-state index in [1.165, 1.54) is 0 Å². The molecule has 1 aliphatic rings. The predicted octanol–water partition coefficient (Wildman–Crippen LogP) is 3.16. The second kappa shape index (κ2) is 7.55. The van der Waals surface area contributed by atoms with E-state index in [1.807, 2.05) is 41.3 Å². The zero-order chi connectivity index (χ0) is 16.9. The normalized spacial score (nSPS) is 20.5. The number of nitrogens with one attached hydrogen (secondary N) is 1. The Morgan fingerprint density at radius 2 is 1.75 bits per heavy atom. The molecule has 1 saturated heterocycles.